The maximum atomic E-state index is 6.04. The lowest BCUT2D eigenvalue weighted by Gasteiger charge is -2.07. The molecule has 3 aromatic rings. The number of aromatic nitrogens is 2. The Labute approximate surface area is 136 Å². The fourth-order valence-corrected chi connectivity index (χ4v) is 3.09. The molecule has 3 nitrogen and oxygen atoms in total. The highest BCUT2D eigenvalue weighted by Gasteiger charge is 2.15. The van der Waals surface area contributed by atoms with Gasteiger partial charge in [0.25, 0.3) is 0 Å². The van der Waals surface area contributed by atoms with Crippen molar-refractivity contribution in [2.24, 2.45) is 0 Å². The van der Waals surface area contributed by atoms with E-state index in [2.05, 4.69) is 45.2 Å². The highest BCUT2D eigenvalue weighted by atomic mass is 79.9. The van der Waals surface area contributed by atoms with E-state index in [1.807, 2.05) is 30.3 Å². The molecule has 1 heterocycles. The van der Waals surface area contributed by atoms with Gasteiger partial charge in [-0.25, -0.2) is 0 Å². The van der Waals surface area contributed by atoms with E-state index in [1.54, 1.807) is 0 Å². The van der Waals surface area contributed by atoms with Gasteiger partial charge in [0.15, 0.2) is 5.82 Å². The van der Waals surface area contributed by atoms with Crippen LogP contribution < -0.4 is 5.73 Å². The van der Waals surface area contributed by atoms with Gasteiger partial charge in [-0.3, -0.25) is 5.10 Å². The molecule has 3 rings (SSSR count). The first-order valence-corrected chi connectivity index (χ1v) is 7.59. The van der Waals surface area contributed by atoms with Crippen molar-refractivity contribution in [2.75, 3.05) is 5.73 Å². The summed E-state index contributed by atoms with van der Waals surface area (Å²) in [6.07, 6.45) is 0. The summed E-state index contributed by atoms with van der Waals surface area (Å²) in [6.45, 7) is 2.05. The average Bonchev–Trinajstić information content (AvgIpc) is 2.80. The lowest BCUT2D eigenvalue weighted by Crippen LogP contribution is -1.89. The smallest absolute Gasteiger partial charge is 0.153 e. The summed E-state index contributed by atoms with van der Waals surface area (Å²) in [4.78, 5) is 0. The lowest BCUT2D eigenvalue weighted by atomic mass is 10.00. The molecule has 5 heteroatoms. The zero-order valence-electron chi connectivity index (χ0n) is 11.3. The van der Waals surface area contributed by atoms with Crippen LogP contribution in [-0.2, 0) is 0 Å². The van der Waals surface area contributed by atoms with Crippen LogP contribution in [0.4, 0.5) is 5.82 Å². The first-order valence-electron chi connectivity index (χ1n) is 6.42. The van der Waals surface area contributed by atoms with Crippen molar-refractivity contribution in [1.29, 1.82) is 0 Å². The number of nitrogens with one attached hydrogen (secondary N) is 1. The maximum absolute atomic E-state index is 6.04. The van der Waals surface area contributed by atoms with Crippen LogP contribution in [0.1, 0.15) is 5.56 Å². The fourth-order valence-electron chi connectivity index (χ4n) is 2.35. The molecule has 0 bridgehead atoms. The number of H-pyrrole nitrogens is 1. The van der Waals surface area contributed by atoms with Crippen molar-refractivity contribution in [3.63, 3.8) is 0 Å². The molecule has 0 amide bonds. The van der Waals surface area contributed by atoms with Crippen LogP contribution in [0.3, 0.4) is 0 Å². The second-order valence-corrected chi connectivity index (χ2v) is 6.24. The minimum atomic E-state index is 0.477. The zero-order chi connectivity index (χ0) is 15.0. The van der Waals surface area contributed by atoms with Crippen molar-refractivity contribution in [3.05, 3.63) is 57.5 Å². The second kappa shape index (κ2) is 5.54. The number of nitrogens with zero attached hydrogens (tertiary/aromatic N) is 1. The lowest BCUT2D eigenvalue weighted by molar-refractivity contribution is 1.10. The number of halogens is 2. The molecule has 1 aromatic heterocycles. The molecule has 21 heavy (non-hydrogen) atoms. The second-order valence-electron chi connectivity index (χ2n) is 4.88. The largest absolute Gasteiger partial charge is 0.382 e. The fraction of sp³-hybridized carbons (Fsp3) is 0.0625. The monoisotopic (exact) mass is 361 g/mol. The van der Waals surface area contributed by atoms with Gasteiger partial charge in [0.05, 0.1) is 11.3 Å². The van der Waals surface area contributed by atoms with E-state index < -0.39 is 0 Å². The summed E-state index contributed by atoms with van der Waals surface area (Å²) in [5, 5.41) is 7.88. The predicted molar refractivity (Wildman–Crippen MR) is 91.3 cm³/mol. The van der Waals surface area contributed by atoms with Crippen LogP contribution >= 0.6 is 27.5 Å². The Hall–Kier alpha value is -1.78. The molecule has 2 aromatic carbocycles. The first kappa shape index (κ1) is 14.2. The minimum Gasteiger partial charge on any atom is -0.382 e. The van der Waals surface area contributed by atoms with Crippen LogP contribution in [0.5, 0.6) is 0 Å². The Morgan fingerprint density at radius 1 is 1.10 bits per heavy atom. The van der Waals surface area contributed by atoms with E-state index in [0.29, 0.717) is 10.8 Å². The van der Waals surface area contributed by atoms with Gasteiger partial charge in [0, 0.05) is 15.1 Å². The number of nitrogen functional groups attached to an aromatic ring is 1. The van der Waals surface area contributed by atoms with E-state index in [-0.39, 0.29) is 0 Å². The van der Waals surface area contributed by atoms with E-state index in [0.717, 1.165) is 32.4 Å². The molecule has 106 valence electrons. The Morgan fingerprint density at radius 2 is 1.81 bits per heavy atom. The van der Waals surface area contributed by atoms with Crippen molar-refractivity contribution in [3.8, 4) is 22.4 Å². The molecule has 0 aliphatic rings. The Kier molecular flexibility index (Phi) is 3.74. The summed E-state index contributed by atoms with van der Waals surface area (Å²) in [7, 11) is 0. The van der Waals surface area contributed by atoms with E-state index in [1.165, 1.54) is 0 Å². The molecule has 0 radical (unpaired) electrons. The number of nitrogens with two attached hydrogens (primary N) is 1. The van der Waals surface area contributed by atoms with Crippen molar-refractivity contribution in [1.82, 2.24) is 10.2 Å². The number of hydrogen-bond donors (Lipinski definition) is 2. The molecule has 0 saturated heterocycles. The summed E-state index contributed by atoms with van der Waals surface area (Å²) in [6, 6.07) is 13.8. The third kappa shape index (κ3) is 2.82. The standard InChI is InChI=1S/C16H13BrClN3/c1-9-6-11(8-12(17)7-9)15-14(16(19)21-20-15)10-2-4-13(18)5-3-10/h2-8H,1H3,(H3,19,20,21). The van der Waals surface area contributed by atoms with Gasteiger partial charge in [-0.1, -0.05) is 39.7 Å². The molecule has 0 aliphatic heterocycles. The Morgan fingerprint density at radius 3 is 2.48 bits per heavy atom. The number of hydrogen-bond acceptors (Lipinski definition) is 2. The Bertz CT molecular complexity index is 774. The highest BCUT2D eigenvalue weighted by Crippen LogP contribution is 2.36. The van der Waals surface area contributed by atoms with Gasteiger partial charge in [0.2, 0.25) is 0 Å². The van der Waals surface area contributed by atoms with Gasteiger partial charge in [-0.15, -0.1) is 0 Å². The average molecular weight is 363 g/mol. The van der Waals surface area contributed by atoms with Gasteiger partial charge >= 0.3 is 0 Å². The van der Waals surface area contributed by atoms with Crippen LogP contribution in [0.15, 0.2) is 46.9 Å². The van der Waals surface area contributed by atoms with Gasteiger partial charge in [-0.2, -0.15) is 5.10 Å². The third-order valence-electron chi connectivity index (χ3n) is 3.26. The zero-order valence-corrected chi connectivity index (χ0v) is 13.7. The Balaban J connectivity index is 2.19. The van der Waals surface area contributed by atoms with E-state index in [4.69, 9.17) is 17.3 Å². The molecule has 0 unspecified atom stereocenters. The minimum absolute atomic E-state index is 0.477. The molecule has 0 atom stereocenters. The summed E-state index contributed by atoms with van der Waals surface area (Å²) >= 11 is 9.47. The quantitative estimate of drug-likeness (QED) is 0.670. The van der Waals surface area contributed by atoms with Crippen molar-refractivity contribution < 1.29 is 0 Å². The highest BCUT2D eigenvalue weighted by molar-refractivity contribution is 9.10. The topological polar surface area (TPSA) is 54.7 Å². The van der Waals surface area contributed by atoms with Crippen LogP contribution in [-0.4, -0.2) is 10.2 Å². The summed E-state index contributed by atoms with van der Waals surface area (Å²) in [5.74, 6) is 0.477. The molecular formula is C16H13BrClN3. The SMILES string of the molecule is Cc1cc(Br)cc(-c2[nH]nc(N)c2-c2ccc(Cl)cc2)c1. The van der Waals surface area contributed by atoms with E-state index >= 15 is 0 Å². The normalized spacial score (nSPS) is 10.8. The van der Waals surface area contributed by atoms with Crippen LogP contribution in [0.2, 0.25) is 5.02 Å². The summed E-state index contributed by atoms with van der Waals surface area (Å²) in [5.41, 5.74) is 11.0. The maximum Gasteiger partial charge on any atom is 0.153 e. The van der Waals surface area contributed by atoms with E-state index in [9.17, 15) is 0 Å². The molecule has 3 N–H and O–H groups in total. The van der Waals surface area contributed by atoms with Gasteiger partial charge < -0.3 is 5.73 Å². The molecular weight excluding hydrogens is 350 g/mol. The van der Waals surface area contributed by atoms with Crippen LogP contribution in [0.25, 0.3) is 22.4 Å². The summed E-state index contributed by atoms with van der Waals surface area (Å²) < 4.78 is 1.02. The van der Waals surface area contributed by atoms with Gasteiger partial charge in [0.1, 0.15) is 0 Å². The third-order valence-corrected chi connectivity index (χ3v) is 3.97. The first-order chi connectivity index (χ1) is 10.0. The predicted octanol–water partition coefficient (Wildman–Crippen LogP) is 5.05. The van der Waals surface area contributed by atoms with Crippen LogP contribution in [0, 0.1) is 6.92 Å². The van der Waals surface area contributed by atoms with Crippen molar-refractivity contribution >= 4 is 33.3 Å². The number of rotatable bonds is 2. The number of aryl methyl sites for hydroxylation is 1. The number of benzene rings is 2. The van der Waals surface area contributed by atoms with Gasteiger partial charge in [-0.05, 0) is 48.4 Å². The molecule has 0 saturated carbocycles. The molecule has 0 spiro atoms. The molecule has 0 aliphatic carbocycles. The number of anilines is 1. The molecule has 0 fully saturated rings. The van der Waals surface area contributed by atoms with Crippen molar-refractivity contribution in [2.45, 2.75) is 6.92 Å². The number of aromatic amines is 1.